The van der Waals surface area contributed by atoms with Crippen LogP contribution in [0.4, 0.5) is 0 Å². The van der Waals surface area contributed by atoms with Gasteiger partial charge in [0.25, 0.3) is 0 Å². The first kappa shape index (κ1) is 18.2. The number of unbranched alkanes of at least 4 members (excludes halogenated alkanes) is 5. The van der Waals surface area contributed by atoms with Gasteiger partial charge in [0, 0.05) is 0 Å². The average molecular weight is 308 g/mol. The molecule has 0 amide bonds. The Morgan fingerprint density at radius 3 is 2.20 bits per heavy atom. The maximum atomic E-state index is 9.86. The minimum absolute atomic E-state index is 0.362. The Kier molecular flexibility index (Phi) is 9.08. The van der Waals surface area contributed by atoms with Gasteiger partial charge in [0.15, 0.2) is 0 Å². The molecular weight excluding hydrogens is 280 g/mol. The monoisotopic (exact) mass is 308 g/mol. The number of aliphatic hydroxyl groups excluding tert-OH is 4. The smallest absolute Gasteiger partial charge is 0.132 e. The molecule has 1 saturated heterocycles. The molecule has 0 bridgehead atoms. The minimum atomic E-state index is -1.26. The van der Waals surface area contributed by atoms with Crippen molar-refractivity contribution in [3.63, 3.8) is 0 Å². The van der Waals surface area contributed by atoms with Crippen molar-refractivity contribution in [1.82, 2.24) is 0 Å². The molecule has 1 rings (SSSR count). The lowest BCUT2D eigenvalue weighted by atomic mass is 10.0. The fourth-order valence-electron chi connectivity index (χ4n) is 2.29. The van der Waals surface area contributed by atoms with Crippen LogP contribution in [0.3, 0.4) is 0 Å². The largest absolute Gasteiger partial charge is 0.394 e. The van der Waals surface area contributed by atoms with E-state index < -0.39 is 29.9 Å². The van der Waals surface area contributed by atoms with E-state index in [1.165, 1.54) is 37.4 Å². The van der Waals surface area contributed by atoms with Crippen molar-refractivity contribution in [3.8, 4) is 0 Å². The Hall–Kier alpha value is 0.150. The molecule has 1 aliphatic rings. The molecule has 120 valence electrons. The lowest BCUT2D eigenvalue weighted by Gasteiger charge is -2.39. The fraction of sp³-hybridized carbons (Fsp3) is 1.00. The Bertz CT molecular complexity index is 252. The number of aliphatic hydroxyl groups is 4. The van der Waals surface area contributed by atoms with E-state index in [9.17, 15) is 15.3 Å². The molecule has 0 aliphatic carbocycles. The summed E-state index contributed by atoms with van der Waals surface area (Å²) in [6, 6.07) is 0. The summed E-state index contributed by atoms with van der Waals surface area (Å²) < 4.78 is 5.43. The molecule has 0 saturated carbocycles. The van der Waals surface area contributed by atoms with Gasteiger partial charge in [-0.15, -0.1) is 11.8 Å². The molecular formula is C14H28O5S. The molecule has 2 unspecified atom stereocenters. The van der Waals surface area contributed by atoms with Gasteiger partial charge in [-0.2, -0.15) is 0 Å². The zero-order valence-corrected chi connectivity index (χ0v) is 13.0. The third-order valence-electron chi connectivity index (χ3n) is 3.63. The van der Waals surface area contributed by atoms with Crippen molar-refractivity contribution >= 4 is 11.8 Å². The fourth-order valence-corrected chi connectivity index (χ4v) is 3.47. The van der Waals surface area contributed by atoms with Crippen LogP contribution < -0.4 is 0 Å². The van der Waals surface area contributed by atoms with E-state index in [4.69, 9.17) is 9.84 Å². The molecule has 1 heterocycles. The number of hydrogen-bond donors (Lipinski definition) is 4. The average Bonchev–Trinajstić information content (AvgIpc) is 2.46. The van der Waals surface area contributed by atoms with Crippen LogP contribution in [0.25, 0.3) is 0 Å². The normalized spacial score (nSPS) is 34.4. The summed E-state index contributed by atoms with van der Waals surface area (Å²) in [6.45, 7) is 1.83. The van der Waals surface area contributed by atoms with E-state index in [0.29, 0.717) is 0 Å². The van der Waals surface area contributed by atoms with Crippen molar-refractivity contribution in [2.24, 2.45) is 0 Å². The Balaban J connectivity index is 2.21. The van der Waals surface area contributed by atoms with Crippen LogP contribution >= 0.6 is 11.8 Å². The Labute approximate surface area is 125 Å². The highest BCUT2D eigenvalue weighted by atomic mass is 32.2. The summed E-state index contributed by atoms with van der Waals surface area (Å²) >= 11 is 1.44. The van der Waals surface area contributed by atoms with Crippen molar-refractivity contribution in [3.05, 3.63) is 0 Å². The van der Waals surface area contributed by atoms with Gasteiger partial charge in [0.2, 0.25) is 0 Å². The third-order valence-corrected chi connectivity index (χ3v) is 4.87. The van der Waals surface area contributed by atoms with Crippen molar-refractivity contribution in [2.75, 3.05) is 12.4 Å². The molecule has 4 N–H and O–H groups in total. The molecule has 0 aromatic carbocycles. The summed E-state index contributed by atoms with van der Waals surface area (Å²) in [7, 11) is 0. The lowest BCUT2D eigenvalue weighted by Crippen LogP contribution is -2.57. The molecule has 5 nitrogen and oxygen atoms in total. The highest BCUT2D eigenvalue weighted by Crippen LogP contribution is 2.29. The van der Waals surface area contributed by atoms with E-state index >= 15 is 0 Å². The molecule has 0 aromatic heterocycles. The van der Waals surface area contributed by atoms with E-state index in [1.807, 2.05) is 0 Å². The number of thioether (sulfide) groups is 1. The predicted molar refractivity (Wildman–Crippen MR) is 79.6 cm³/mol. The molecule has 0 spiro atoms. The van der Waals surface area contributed by atoms with Gasteiger partial charge < -0.3 is 25.2 Å². The van der Waals surface area contributed by atoms with Crippen LogP contribution in [0.15, 0.2) is 0 Å². The van der Waals surface area contributed by atoms with Gasteiger partial charge >= 0.3 is 0 Å². The first-order valence-electron chi connectivity index (χ1n) is 7.54. The molecule has 6 heteroatoms. The molecule has 0 aromatic rings. The van der Waals surface area contributed by atoms with Crippen molar-refractivity contribution in [2.45, 2.75) is 75.3 Å². The van der Waals surface area contributed by atoms with Gasteiger partial charge in [0.1, 0.15) is 29.9 Å². The summed E-state index contributed by atoms with van der Waals surface area (Å²) in [5, 5.41) is 38.3. The van der Waals surface area contributed by atoms with Crippen molar-refractivity contribution < 1.29 is 25.2 Å². The first-order chi connectivity index (χ1) is 9.61. The molecule has 0 radical (unpaired) electrons. The van der Waals surface area contributed by atoms with Crippen LogP contribution in [0.2, 0.25) is 0 Å². The number of hydrogen-bond acceptors (Lipinski definition) is 6. The van der Waals surface area contributed by atoms with Gasteiger partial charge in [-0.3, -0.25) is 0 Å². The van der Waals surface area contributed by atoms with Crippen LogP contribution in [-0.4, -0.2) is 62.6 Å². The summed E-state index contributed by atoms with van der Waals surface area (Å²) in [5.41, 5.74) is -0.582. The molecule has 1 fully saturated rings. The third kappa shape index (κ3) is 5.50. The van der Waals surface area contributed by atoms with E-state index in [-0.39, 0.29) is 6.61 Å². The van der Waals surface area contributed by atoms with E-state index in [0.717, 1.165) is 18.6 Å². The molecule has 20 heavy (non-hydrogen) atoms. The second kappa shape index (κ2) is 9.97. The number of ether oxygens (including phenoxy) is 1. The molecule has 5 atom stereocenters. The summed E-state index contributed by atoms with van der Waals surface area (Å²) in [4.78, 5) is 0. The van der Waals surface area contributed by atoms with Gasteiger partial charge in [0.05, 0.1) is 6.61 Å². The molecule has 1 aliphatic heterocycles. The highest BCUT2D eigenvalue weighted by Gasteiger charge is 2.43. The topological polar surface area (TPSA) is 90.2 Å². The Morgan fingerprint density at radius 1 is 0.900 bits per heavy atom. The SMILES string of the molecule is CCCCCCCCS[C@@H]1OC(CO)[C@@H](O)[C@@H](O)C1O. The minimum Gasteiger partial charge on any atom is -0.394 e. The second-order valence-electron chi connectivity index (χ2n) is 5.34. The zero-order valence-electron chi connectivity index (χ0n) is 12.1. The first-order valence-corrected chi connectivity index (χ1v) is 8.58. The van der Waals surface area contributed by atoms with E-state index in [1.54, 1.807) is 0 Å². The quantitative estimate of drug-likeness (QED) is 0.473. The predicted octanol–water partition coefficient (Wildman–Crippen LogP) is 0.880. The Morgan fingerprint density at radius 2 is 1.55 bits per heavy atom. The standard InChI is InChI=1S/C14H28O5S/c1-2-3-4-5-6-7-8-20-14-13(18)12(17)11(16)10(9-15)19-14/h10-18H,2-9H2,1H3/t10?,11-,12-,13?,14+/m1/s1. The van der Waals surface area contributed by atoms with E-state index in [2.05, 4.69) is 6.92 Å². The maximum Gasteiger partial charge on any atom is 0.132 e. The lowest BCUT2D eigenvalue weighted by molar-refractivity contribution is -0.205. The highest BCUT2D eigenvalue weighted by molar-refractivity contribution is 7.99. The second-order valence-corrected chi connectivity index (χ2v) is 6.54. The van der Waals surface area contributed by atoms with Crippen molar-refractivity contribution in [1.29, 1.82) is 0 Å². The van der Waals surface area contributed by atoms with Gasteiger partial charge in [-0.1, -0.05) is 39.0 Å². The van der Waals surface area contributed by atoms with Gasteiger partial charge in [-0.05, 0) is 12.2 Å². The zero-order chi connectivity index (χ0) is 15.0. The summed E-state index contributed by atoms with van der Waals surface area (Å²) in [6.07, 6.45) is 2.77. The van der Waals surface area contributed by atoms with Crippen LogP contribution in [0.5, 0.6) is 0 Å². The van der Waals surface area contributed by atoms with Gasteiger partial charge in [-0.25, -0.2) is 0 Å². The van der Waals surface area contributed by atoms with Crippen LogP contribution in [0.1, 0.15) is 45.4 Å². The maximum absolute atomic E-state index is 9.86. The van der Waals surface area contributed by atoms with Crippen LogP contribution in [-0.2, 0) is 4.74 Å². The van der Waals surface area contributed by atoms with Crippen LogP contribution in [0, 0.1) is 0 Å². The number of rotatable bonds is 9. The summed E-state index contributed by atoms with van der Waals surface area (Å²) in [5.74, 6) is 0.842.